The lowest BCUT2D eigenvalue weighted by molar-refractivity contribution is -0.888. The Kier molecular flexibility index (Phi) is 18.8. The smallest absolute Gasteiger partial charge is 0.0782 e. The zero-order valence-electron chi connectivity index (χ0n) is 19.4. The van der Waals surface area contributed by atoms with Crippen LogP contribution in [0.2, 0.25) is 0 Å². The molecule has 0 rings (SSSR count). The fourth-order valence-corrected chi connectivity index (χ4v) is 2.17. The molecule has 0 heterocycles. The Morgan fingerprint density at radius 3 is 1.12 bits per heavy atom. The van der Waals surface area contributed by atoms with Gasteiger partial charge in [0.1, 0.15) is 0 Å². The molecule has 0 aromatic carbocycles. The molecule has 0 saturated heterocycles. The third-order valence-electron chi connectivity index (χ3n) is 4.80. The highest BCUT2D eigenvalue weighted by molar-refractivity contribution is 5.47. The van der Waals surface area contributed by atoms with Crippen molar-refractivity contribution in [3.05, 3.63) is 0 Å². The molecule has 5 nitrogen and oxygen atoms in total. The Bertz CT molecular complexity index is 297. The Balaban J connectivity index is -0.000000338. The molecule has 0 saturated carbocycles. The summed E-state index contributed by atoms with van der Waals surface area (Å²) in [6.07, 6.45) is 3.17. The third kappa shape index (κ3) is 31.0. The monoisotopic (exact) mass is 376 g/mol. The van der Waals surface area contributed by atoms with Crippen molar-refractivity contribution in [2.45, 2.75) is 67.2 Å². The van der Waals surface area contributed by atoms with E-state index < -0.39 is 6.16 Å². The lowest BCUT2D eigenvalue weighted by Gasteiger charge is -2.28. The largest absolute Gasteiger partial charge is 0.652 e. The number of carbonyl (C=O) groups is 1. The van der Waals surface area contributed by atoms with Crippen LogP contribution in [0.15, 0.2) is 0 Å². The fraction of sp³-hybridized carbons (Fsp3) is 0.952. The highest BCUT2D eigenvalue weighted by atomic mass is 16.6. The highest BCUT2D eigenvalue weighted by Gasteiger charge is 2.11. The van der Waals surface area contributed by atoms with Gasteiger partial charge in [-0.1, -0.05) is 27.7 Å². The SMILES string of the molecule is CC[N+](C)(C)CCCC(C)C.CC[N+](C)(C)CCCC(C)C.O=C([O-])[O-]. The quantitative estimate of drug-likeness (QED) is 0.551. The molecule has 160 valence electrons. The minimum Gasteiger partial charge on any atom is -0.652 e. The van der Waals surface area contributed by atoms with Gasteiger partial charge in [-0.15, -0.1) is 0 Å². The molecule has 0 aliphatic rings. The van der Waals surface area contributed by atoms with Crippen LogP contribution < -0.4 is 10.2 Å². The minimum absolute atomic E-state index is 0.867. The maximum atomic E-state index is 8.33. The molecule has 0 aromatic heterocycles. The van der Waals surface area contributed by atoms with Crippen molar-refractivity contribution in [3.63, 3.8) is 0 Å². The number of carbonyl (C=O) groups excluding carboxylic acids is 1. The third-order valence-corrected chi connectivity index (χ3v) is 4.80. The van der Waals surface area contributed by atoms with Gasteiger partial charge in [0.15, 0.2) is 0 Å². The normalized spacial score (nSPS) is 11.5. The van der Waals surface area contributed by atoms with Gasteiger partial charge in [-0.05, 0) is 57.5 Å². The second-order valence-electron chi connectivity index (χ2n) is 9.27. The van der Waals surface area contributed by atoms with Gasteiger partial charge in [-0.25, -0.2) is 0 Å². The van der Waals surface area contributed by atoms with Crippen LogP contribution in [0.4, 0.5) is 4.79 Å². The topological polar surface area (TPSA) is 63.2 Å². The molecule has 0 atom stereocenters. The molecule has 0 amide bonds. The Labute approximate surface area is 164 Å². The minimum atomic E-state index is -2.33. The van der Waals surface area contributed by atoms with Gasteiger partial charge in [-0.3, -0.25) is 0 Å². The number of hydrogen-bond donors (Lipinski definition) is 0. The molecule has 5 heteroatoms. The molecule has 0 fully saturated rings. The lowest BCUT2D eigenvalue weighted by atomic mass is 10.1. The van der Waals surface area contributed by atoms with Crippen molar-refractivity contribution in [2.24, 2.45) is 11.8 Å². The maximum absolute atomic E-state index is 8.33. The first-order chi connectivity index (χ1) is 11.7. The molecule has 0 aromatic rings. The molecular formula is C21H48N2O3. The van der Waals surface area contributed by atoms with E-state index in [1.807, 2.05) is 0 Å². The second kappa shape index (κ2) is 16.4. The van der Waals surface area contributed by atoms with Crippen LogP contribution in [0, 0.1) is 11.8 Å². The van der Waals surface area contributed by atoms with Crippen LogP contribution in [0.1, 0.15) is 67.2 Å². The summed E-state index contributed by atoms with van der Waals surface area (Å²) in [5.74, 6) is 1.73. The van der Waals surface area contributed by atoms with E-state index >= 15 is 0 Å². The van der Waals surface area contributed by atoms with E-state index in [1.165, 1.54) is 60.8 Å². The van der Waals surface area contributed by atoms with E-state index in [0.717, 1.165) is 11.8 Å². The van der Waals surface area contributed by atoms with E-state index in [1.54, 1.807) is 0 Å². The van der Waals surface area contributed by atoms with Crippen molar-refractivity contribution in [1.82, 2.24) is 0 Å². The predicted molar refractivity (Wildman–Crippen MR) is 109 cm³/mol. The maximum Gasteiger partial charge on any atom is 0.0782 e. The van der Waals surface area contributed by atoms with E-state index in [2.05, 4.69) is 69.7 Å². The summed E-state index contributed by atoms with van der Waals surface area (Å²) in [4.78, 5) is 8.33. The van der Waals surface area contributed by atoms with Crippen LogP contribution in [0.25, 0.3) is 0 Å². The van der Waals surface area contributed by atoms with E-state index in [9.17, 15) is 0 Å². The standard InChI is InChI=1S/2C10H24N.CH2O3/c2*1-6-11(4,5)9-7-8-10(2)3;2-1(3)4/h2*10H,6-9H2,1-5H3;(H2,2,3,4)/q2*+1;/p-2. The van der Waals surface area contributed by atoms with Crippen LogP contribution in [-0.2, 0) is 0 Å². The molecule has 0 aliphatic carbocycles. The number of hydrogen-bond acceptors (Lipinski definition) is 3. The molecule has 0 N–H and O–H groups in total. The number of carboxylic acid groups (broad SMARTS) is 2. The number of nitrogens with zero attached hydrogens (tertiary/aromatic N) is 2. The fourth-order valence-electron chi connectivity index (χ4n) is 2.17. The molecule has 0 radical (unpaired) electrons. The summed E-state index contributed by atoms with van der Waals surface area (Å²) in [5, 5.41) is 16.7. The van der Waals surface area contributed by atoms with Crippen molar-refractivity contribution >= 4 is 6.16 Å². The Morgan fingerprint density at radius 2 is 0.962 bits per heavy atom. The van der Waals surface area contributed by atoms with Gasteiger partial charge in [-0.2, -0.15) is 0 Å². The van der Waals surface area contributed by atoms with Crippen molar-refractivity contribution in [3.8, 4) is 0 Å². The van der Waals surface area contributed by atoms with Crippen LogP contribution in [0.3, 0.4) is 0 Å². The lowest BCUT2D eigenvalue weighted by Crippen LogP contribution is -2.40. The first-order valence-electron chi connectivity index (χ1n) is 10.2. The van der Waals surface area contributed by atoms with E-state index in [4.69, 9.17) is 15.0 Å². The van der Waals surface area contributed by atoms with Gasteiger partial charge in [0.2, 0.25) is 0 Å². The molecular weight excluding hydrogens is 328 g/mol. The Hall–Kier alpha value is -0.810. The van der Waals surface area contributed by atoms with Crippen molar-refractivity contribution in [1.29, 1.82) is 0 Å². The first-order valence-corrected chi connectivity index (χ1v) is 10.2. The molecule has 0 aliphatic heterocycles. The molecule has 0 spiro atoms. The summed E-state index contributed by atoms with van der Waals surface area (Å²) in [7, 11) is 9.22. The summed E-state index contributed by atoms with van der Waals surface area (Å²) in [5.41, 5.74) is 0. The average molecular weight is 377 g/mol. The van der Waals surface area contributed by atoms with Crippen LogP contribution >= 0.6 is 0 Å². The summed E-state index contributed by atoms with van der Waals surface area (Å²) in [6.45, 7) is 18.9. The number of rotatable bonds is 10. The molecule has 26 heavy (non-hydrogen) atoms. The van der Waals surface area contributed by atoms with Gasteiger partial charge < -0.3 is 24.0 Å². The molecule has 0 bridgehead atoms. The molecule has 0 unspecified atom stereocenters. The van der Waals surface area contributed by atoms with Gasteiger partial charge in [0, 0.05) is 0 Å². The van der Waals surface area contributed by atoms with Crippen LogP contribution in [0.5, 0.6) is 0 Å². The highest BCUT2D eigenvalue weighted by Crippen LogP contribution is 2.07. The van der Waals surface area contributed by atoms with Crippen molar-refractivity contribution in [2.75, 3.05) is 54.4 Å². The summed E-state index contributed by atoms with van der Waals surface area (Å²) in [6, 6.07) is 0. The zero-order chi connectivity index (χ0) is 21.4. The number of quaternary nitrogens is 2. The van der Waals surface area contributed by atoms with Gasteiger partial charge in [0.25, 0.3) is 0 Å². The van der Waals surface area contributed by atoms with Crippen LogP contribution in [-0.4, -0.2) is 69.5 Å². The van der Waals surface area contributed by atoms with E-state index in [-0.39, 0.29) is 0 Å². The van der Waals surface area contributed by atoms with E-state index in [0.29, 0.717) is 0 Å². The summed E-state index contributed by atoms with van der Waals surface area (Å²) < 4.78 is 2.35. The summed E-state index contributed by atoms with van der Waals surface area (Å²) >= 11 is 0. The first kappa shape index (κ1) is 29.9. The predicted octanol–water partition coefficient (Wildman–Crippen LogP) is 2.59. The van der Waals surface area contributed by atoms with Gasteiger partial charge >= 0.3 is 0 Å². The Morgan fingerprint density at radius 1 is 0.731 bits per heavy atom. The average Bonchev–Trinajstić information content (AvgIpc) is 2.46. The zero-order valence-corrected chi connectivity index (χ0v) is 19.4. The second-order valence-corrected chi connectivity index (χ2v) is 9.27. The van der Waals surface area contributed by atoms with Gasteiger partial charge in [0.05, 0.1) is 54.4 Å². The van der Waals surface area contributed by atoms with Crippen molar-refractivity contribution < 1.29 is 24.0 Å².